The third kappa shape index (κ3) is 2.59. The van der Waals surface area contributed by atoms with Crippen LogP contribution in [0, 0.1) is 12.3 Å². The van der Waals surface area contributed by atoms with E-state index in [1.807, 2.05) is 6.92 Å². The van der Waals surface area contributed by atoms with E-state index < -0.39 is 0 Å². The molecule has 4 N–H and O–H groups in total. The van der Waals surface area contributed by atoms with E-state index in [2.05, 4.69) is 5.11 Å². The minimum atomic E-state index is -0.0899. The average Bonchev–Trinajstić information content (AvgIpc) is 2.65. The van der Waals surface area contributed by atoms with Crippen molar-refractivity contribution in [3.63, 3.8) is 0 Å². The lowest BCUT2D eigenvalue weighted by atomic mass is 10.2. The molecule has 0 amide bonds. The predicted molar refractivity (Wildman–Crippen MR) is 85.3 cm³/mol. The van der Waals surface area contributed by atoms with E-state index in [0.29, 0.717) is 27.8 Å². The number of benzene rings is 1. The lowest BCUT2D eigenvalue weighted by Crippen LogP contribution is -2.12. The minimum Gasteiger partial charge on any atom is -0.388 e. The van der Waals surface area contributed by atoms with Crippen LogP contribution < -0.4 is 5.73 Å². The van der Waals surface area contributed by atoms with Crippen molar-refractivity contribution >= 4 is 64.0 Å². The number of azo groups is 2. The van der Waals surface area contributed by atoms with Crippen molar-refractivity contribution in [1.82, 2.24) is 0 Å². The quantitative estimate of drug-likeness (QED) is 0.436. The maximum atomic E-state index is 9.25. The van der Waals surface area contributed by atoms with E-state index >= 15 is 0 Å². The van der Waals surface area contributed by atoms with Crippen LogP contribution in [0.3, 0.4) is 0 Å². The highest BCUT2D eigenvalue weighted by Gasteiger charge is 2.36. The van der Waals surface area contributed by atoms with E-state index in [9.17, 15) is 4.55 Å². The molecule has 0 radical (unpaired) electrons. The van der Waals surface area contributed by atoms with Crippen LogP contribution in [0.15, 0.2) is 27.8 Å². The van der Waals surface area contributed by atoms with Gasteiger partial charge in [-0.2, -0.15) is 0 Å². The smallest absolute Gasteiger partial charge is 0.359 e. The number of nitrogens with zero attached hydrogens (tertiary/aromatic N) is 2. The first kappa shape index (κ1) is 15.4. The number of amidine groups is 1. The average molecular weight is 348 g/mol. The van der Waals surface area contributed by atoms with E-state index in [0.717, 1.165) is 5.56 Å². The molecule has 0 aromatic heterocycles. The number of aryl methyl sites for hydroxylation is 1. The Balaban J connectivity index is 2.61. The maximum Gasteiger partial charge on any atom is 0.359 e. The fraction of sp³-hybridized carbons (Fsp3) is 0.0909. The van der Waals surface area contributed by atoms with Gasteiger partial charge >= 0.3 is 5.84 Å². The number of halogens is 2. The summed E-state index contributed by atoms with van der Waals surface area (Å²) in [6.07, 6.45) is 0. The van der Waals surface area contributed by atoms with Crippen LogP contribution in [0.2, 0.25) is 10.0 Å². The second kappa shape index (κ2) is 5.79. The molecule has 0 saturated carbocycles. The Morgan fingerprint density at radius 3 is 2.40 bits per heavy atom. The van der Waals surface area contributed by atoms with Gasteiger partial charge in [-0.15, -0.1) is 0 Å². The van der Waals surface area contributed by atoms with Crippen LogP contribution in [0.5, 0.6) is 0 Å². The van der Waals surface area contributed by atoms with E-state index in [1.54, 1.807) is 12.1 Å². The van der Waals surface area contributed by atoms with Crippen molar-refractivity contribution in [1.29, 1.82) is 5.41 Å². The summed E-state index contributed by atoms with van der Waals surface area (Å²) < 4.78 is 10.5. The molecule has 0 saturated heterocycles. The molecule has 1 aliphatic heterocycles. The first-order valence-corrected chi connectivity index (χ1v) is 7.22. The Morgan fingerprint density at radius 1 is 1.45 bits per heavy atom. The molecular formula is C11H9Cl2N4OS2+. The van der Waals surface area contributed by atoms with E-state index in [-0.39, 0.29) is 21.4 Å². The molecular weight excluding hydrogens is 339 g/mol. The van der Waals surface area contributed by atoms with Gasteiger partial charge in [0.1, 0.15) is 4.99 Å². The number of rotatable bonds is 3. The first-order valence-electron chi connectivity index (χ1n) is 5.28. The van der Waals surface area contributed by atoms with Gasteiger partial charge in [0.15, 0.2) is 16.3 Å². The van der Waals surface area contributed by atoms with Crippen molar-refractivity contribution in [2.45, 2.75) is 6.92 Å². The largest absolute Gasteiger partial charge is 0.388 e. The van der Waals surface area contributed by atoms with Gasteiger partial charge in [-0.25, -0.2) is 0 Å². The Bertz CT molecular complexity index is 677. The Morgan fingerprint density at radius 2 is 2.00 bits per heavy atom. The molecule has 1 aliphatic rings. The Labute approximate surface area is 134 Å². The van der Waals surface area contributed by atoms with Gasteiger partial charge in [0.25, 0.3) is 0 Å². The fourth-order valence-electron chi connectivity index (χ4n) is 1.71. The number of nitrogens with two attached hydrogens (primary N) is 1. The summed E-state index contributed by atoms with van der Waals surface area (Å²) in [5.74, 6) is -0.0899. The number of hydrogen-bond donors (Lipinski definition) is 3. The molecule has 0 fully saturated rings. The molecule has 5 nitrogen and oxygen atoms in total. The highest BCUT2D eigenvalue weighted by molar-refractivity contribution is 7.98. The van der Waals surface area contributed by atoms with Crippen molar-refractivity contribution in [2.75, 3.05) is 0 Å². The molecule has 9 heteroatoms. The topological polar surface area (TPSA) is 85.5 Å². The van der Waals surface area contributed by atoms with Gasteiger partial charge in [0.2, 0.25) is 0 Å². The Hall–Kier alpha value is -0.990. The minimum absolute atomic E-state index is 0.0202. The normalized spacial score (nSPS) is 14.8. The molecule has 1 aromatic carbocycles. The zero-order valence-corrected chi connectivity index (χ0v) is 13.3. The summed E-state index contributed by atoms with van der Waals surface area (Å²) in [5, 5.41) is 12.8. The molecule has 1 heterocycles. The zero-order valence-electron chi connectivity index (χ0n) is 10.1. The first-order chi connectivity index (χ1) is 9.36. The van der Waals surface area contributed by atoms with Gasteiger partial charge < -0.3 is 10.3 Å². The molecule has 0 unspecified atom stereocenters. The van der Waals surface area contributed by atoms with Gasteiger partial charge in [0.05, 0.1) is 10.0 Å². The highest BCUT2D eigenvalue weighted by Crippen LogP contribution is 2.38. The zero-order chi connectivity index (χ0) is 15.0. The fourth-order valence-corrected chi connectivity index (χ4v) is 3.08. The van der Waals surface area contributed by atoms with Crippen molar-refractivity contribution < 1.29 is 9.25 Å². The third-order valence-corrected chi connectivity index (χ3v) is 3.88. The number of thiocarbonyl (C=S) groups is 1. The van der Waals surface area contributed by atoms with Gasteiger partial charge in [-0.3, -0.25) is 0 Å². The van der Waals surface area contributed by atoms with Crippen LogP contribution in [0.4, 0.5) is 5.69 Å². The second-order valence-corrected chi connectivity index (χ2v) is 5.82. The summed E-state index contributed by atoms with van der Waals surface area (Å²) in [6.45, 7) is 1.85. The number of hydrogen-bond acceptors (Lipinski definition) is 5. The van der Waals surface area contributed by atoms with E-state index in [4.69, 9.17) is 46.6 Å². The summed E-state index contributed by atoms with van der Waals surface area (Å²) in [6, 6.07) is 3.41. The molecule has 1 aromatic rings. The standard InChI is InChI=1S/C11H8Cl2N4OS2/c1-4-2-5(12)8(6(13)3-4)17-10(14)9(20-18)7(16-17)11(15)19/h2-3,14H,1H3,(H2-,15,18,19)/p+1. The second-order valence-electron chi connectivity index (χ2n) is 3.97. The third-order valence-electron chi connectivity index (χ3n) is 2.54. The lowest BCUT2D eigenvalue weighted by Gasteiger charge is -2.05. The monoisotopic (exact) mass is 347 g/mol. The van der Waals surface area contributed by atoms with Gasteiger partial charge in [-0.1, -0.05) is 50.6 Å². The molecule has 20 heavy (non-hydrogen) atoms. The molecule has 0 atom stereocenters. The van der Waals surface area contributed by atoms with Crippen LogP contribution in [0.1, 0.15) is 5.56 Å². The predicted octanol–water partition coefficient (Wildman–Crippen LogP) is 4.09. The van der Waals surface area contributed by atoms with Crippen LogP contribution in [0.25, 0.3) is 0 Å². The Kier molecular flexibility index (Phi) is 4.46. The SMILES string of the molecule is Cc1cc(Cl)c([N+]2=NC(C(N)=S)=C(SO)C2=N)c(Cl)c1. The van der Waals surface area contributed by atoms with Gasteiger partial charge in [0, 0.05) is 12.0 Å². The lowest BCUT2D eigenvalue weighted by molar-refractivity contribution is -0.381. The van der Waals surface area contributed by atoms with Gasteiger partial charge in [-0.05, 0) is 24.6 Å². The summed E-state index contributed by atoms with van der Waals surface area (Å²) in [4.78, 5) is 0.137. The summed E-state index contributed by atoms with van der Waals surface area (Å²) in [7, 11) is 0. The maximum absolute atomic E-state index is 9.25. The van der Waals surface area contributed by atoms with Crippen LogP contribution in [-0.4, -0.2) is 20.1 Å². The van der Waals surface area contributed by atoms with Crippen molar-refractivity contribution in [3.05, 3.63) is 38.3 Å². The highest BCUT2D eigenvalue weighted by atomic mass is 35.5. The van der Waals surface area contributed by atoms with Crippen LogP contribution in [-0.2, 0) is 0 Å². The molecule has 0 bridgehead atoms. The van der Waals surface area contributed by atoms with E-state index in [1.165, 1.54) is 4.70 Å². The molecule has 2 rings (SSSR count). The molecule has 104 valence electrons. The molecule has 0 spiro atoms. The molecule has 0 aliphatic carbocycles. The summed E-state index contributed by atoms with van der Waals surface area (Å²) >= 11 is 17.5. The van der Waals surface area contributed by atoms with Crippen molar-refractivity contribution in [3.8, 4) is 0 Å². The summed E-state index contributed by atoms with van der Waals surface area (Å²) in [5.41, 5.74) is 6.92. The van der Waals surface area contributed by atoms with Crippen molar-refractivity contribution in [2.24, 2.45) is 10.8 Å². The number of nitrogens with one attached hydrogen (secondary N) is 1. The van der Waals surface area contributed by atoms with Crippen LogP contribution >= 0.6 is 47.5 Å².